The zero-order valence-electron chi connectivity index (χ0n) is 11.6. The zero-order valence-corrected chi connectivity index (χ0v) is 11.6. The molecule has 2 saturated heterocycles. The molecule has 2 rings (SSSR count). The quantitative estimate of drug-likeness (QED) is 0.711. The Labute approximate surface area is 109 Å². The van der Waals surface area contributed by atoms with Gasteiger partial charge in [0.25, 0.3) is 0 Å². The van der Waals surface area contributed by atoms with Gasteiger partial charge in [-0.3, -0.25) is 0 Å². The normalized spacial score (nSPS) is 29.4. The number of likely N-dealkylation sites (tertiary alicyclic amines) is 1. The molecule has 5 heteroatoms. The number of carbonyl (C=O) groups excluding carboxylic acids is 1. The molecular weight excluding hydrogens is 232 g/mol. The highest BCUT2D eigenvalue weighted by molar-refractivity contribution is 5.68. The number of rotatable bonds is 0. The van der Waals surface area contributed by atoms with Crippen LogP contribution in [0.15, 0.2) is 0 Å². The Kier molecular flexibility index (Phi) is 4.12. The first kappa shape index (κ1) is 13.6. The van der Waals surface area contributed by atoms with Crippen LogP contribution in [0.25, 0.3) is 0 Å². The molecule has 0 aromatic heterocycles. The molecule has 0 bridgehead atoms. The molecule has 0 radical (unpaired) electrons. The number of morpholine rings is 1. The third kappa shape index (κ3) is 3.59. The van der Waals surface area contributed by atoms with E-state index in [0.717, 1.165) is 39.1 Å². The van der Waals surface area contributed by atoms with E-state index in [1.54, 1.807) is 4.90 Å². The van der Waals surface area contributed by atoms with Gasteiger partial charge in [0.1, 0.15) is 5.60 Å². The molecule has 2 aliphatic heterocycles. The van der Waals surface area contributed by atoms with Crippen LogP contribution in [-0.2, 0) is 9.47 Å². The second-order valence-corrected chi connectivity index (χ2v) is 6.01. The van der Waals surface area contributed by atoms with Crippen molar-refractivity contribution in [3.63, 3.8) is 0 Å². The number of carbonyl (C=O) groups is 1. The summed E-state index contributed by atoms with van der Waals surface area (Å²) < 4.78 is 11.2. The van der Waals surface area contributed by atoms with Gasteiger partial charge in [-0.1, -0.05) is 0 Å². The van der Waals surface area contributed by atoms with Gasteiger partial charge >= 0.3 is 6.09 Å². The minimum absolute atomic E-state index is 0.207. The number of amides is 1. The van der Waals surface area contributed by atoms with Crippen molar-refractivity contribution in [2.24, 2.45) is 0 Å². The average molecular weight is 256 g/mol. The fourth-order valence-corrected chi connectivity index (χ4v) is 2.47. The maximum absolute atomic E-state index is 12.0. The van der Waals surface area contributed by atoms with Gasteiger partial charge in [-0.25, -0.2) is 4.79 Å². The number of nitrogens with one attached hydrogen (secondary N) is 1. The van der Waals surface area contributed by atoms with Gasteiger partial charge in [0.05, 0.1) is 12.7 Å². The van der Waals surface area contributed by atoms with Crippen LogP contribution in [0.2, 0.25) is 0 Å². The van der Waals surface area contributed by atoms with E-state index in [4.69, 9.17) is 9.47 Å². The molecule has 2 fully saturated rings. The van der Waals surface area contributed by atoms with Crippen molar-refractivity contribution >= 4 is 6.09 Å². The number of nitrogens with zero attached hydrogens (tertiary/aromatic N) is 1. The highest BCUT2D eigenvalue weighted by Crippen LogP contribution is 2.19. The largest absolute Gasteiger partial charge is 0.444 e. The second-order valence-electron chi connectivity index (χ2n) is 6.01. The summed E-state index contributed by atoms with van der Waals surface area (Å²) in [5.74, 6) is 0. The summed E-state index contributed by atoms with van der Waals surface area (Å²) >= 11 is 0. The molecular formula is C13H24N2O3. The van der Waals surface area contributed by atoms with E-state index in [0.29, 0.717) is 6.04 Å². The lowest BCUT2D eigenvalue weighted by molar-refractivity contribution is -0.00614. The summed E-state index contributed by atoms with van der Waals surface area (Å²) in [6, 6.07) is 0.381. The molecule has 2 heterocycles. The van der Waals surface area contributed by atoms with Gasteiger partial charge < -0.3 is 19.7 Å². The molecule has 0 saturated carbocycles. The van der Waals surface area contributed by atoms with Crippen molar-refractivity contribution in [3.8, 4) is 0 Å². The molecule has 2 aliphatic rings. The van der Waals surface area contributed by atoms with E-state index in [9.17, 15) is 4.79 Å². The fourth-order valence-electron chi connectivity index (χ4n) is 2.47. The first-order chi connectivity index (χ1) is 8.46. The van der Waals surface area contributed by atoms with Gasteiger partial charge in [0.2, 0.25) is 0 Å². The Bertz CT molecular complexity index is 285. The highest BCUT2D eigenvalue weighted by atomic mass is 16.6. The Morgan fingerprint density at radius 1 is 1.33 bits per heavy atom. The highest BCUT2D eigenvalue weighted by Gasteiger charge is 2.32. The second kappa shape index (κ2) is 5.45. The van der Waals surface area contributed by atoms with Crippen LogP contribution in [-0.4, -0.2) is 55.0 Å². The van der Waals surface area contributed by atoms with E-state index in [2.05, 4.69) is 5.32 Å². The van der Waals surface area contributed by atoms with Crippen molar-refractivity contribution < 1.29 is 14.3 Å². The molecule has 0 spiro atoms. The summed E-state index contributed by atoms with van der Waals surface area (Å²) in [7, 11) is 0. The lowest BCUT2D eigenvalue weighted by Crippen LogP contribution is -2.48. The number of hydrogen-bond donors (Lipinski definition) is 1. The van der Waals surface area contributed by atoms with Gasteiger partial charge in [0, 0.05) is 25.7 Å². The minimum atomic E-state index is -0.426. The van der Waals surface area contributed by atoms with E-state index in [1.165, 1.54) is 0 Å². The van der Waals surface area contributed by atoms with Gasteiger partial charge in [-0.2, -0.15) is 0 Å². The minimum Gasteiger partial charge on any atom is -0.444 e. The van der Waals surface area contributed by atoms with Crippen molar-refractivity contribution in [2.75, 3.05) is 26.2 Å². The van der Waals surface area contributed by atoms with E-state index in [-0.39, 0.29) is 12.2 Å². The first-order valence-corrected chi connectivity index (χ1v) is 6.78. The molecule has 0 aromatic rings. The Balaban J connectivity index is 1.90. The summed E-state index contributed by atoms with van der Waals surface area (Å²) in [5, 5.41) is 3.46. The van der Waals surface area contributed by atoms with Crippen LogP contribution >= 0.6 is 0 Å². The first-order valence-electron chi connectivity index (χ1n) is 6.78. The topological polar surface area (TPSA) is 50.8 Å². The van der Waals surface area contributed by atoms with Crippen molar-refractivity contribution in [1.29, 1.82) is 0 Å². The number of hydrogen-bond acceptors (Lipinski definition) is 4. The van der Waals surface area contributed by atoms with Crippen molar-refractivity contribution in [1.82, 2.24) is 10.2 Å². The average Bonchev–Trinajstić information content (AvgIpc) is 2.49. The molecule has 5 nitrogen and oxygen atoms in total. The van der Waals surface area contributed by atoms with Crippen molar-refractivity contribution in [3.05, 3.63) is 0 Å². The van der Waals surface area contributed by atoms with Gasteiger partial charge in [-0.15, -0.1) is 0 Å². The maximum atomic E-state index is 12.0. The van der Waals surface area contributed by atoms with E-state index < -0.39 is 5.60 Å². The van der Waals surface area contributed by atoms with Crippen LogP contribution in [0.5, 0.6) is 0 Å². The monoisotopic (exact) mass is 256 g/mol. The summed E-state index contributed by atoms with van der Waals surface area (Å²) in [6.07, 6.45) is 1.85. The predicted octanol–water partition coefficient (Wildman–Crippen LogP) is 1.37. The summed E-state index contributed by atoms with van der Waals surface area (Å²) in [6.45, 7) is 8.83. The molecule has 2 atom stereocenters. The Morgan fingerprint density at radius 3 is 2.78 bits per heavy atom. The van der Waals surface area contributed by atoms with Gasteiger partial charge in [-0.05, 0) is 33.6 Å². The molecule has 104 valence electrons. The lowest BCUT2D eigenvalue weighted by atomic mass is 10.1. The van der Waals surface area contributed by atoms with Crippen LogP contribution in [0.1, 0.15) is 33.6 Å². The standard InChI is InChI=1S/C13H24N2O3/c1-13(2,3)18-12(16)15-7-4-10-11(5-8-15)17-9-6-14-10/h10-11,14H,4-9H2,1-3H3/t10-,11-/m1/s1. The van der Waals surface area contributed by atoms with Crippen molar-refractivity contribution in [2.45, 2.75) is 51.4 Å². The van der Waals surface area contributed by atoms with E-state index in [1.807, 2.05) is 20.8 Å². The smallest absolute Gasteiger partial charge is 0.410 e. The zero-order chi connectivity index (χ0) is 13.2. The van der Waals surface area contributed by atoms with Crippen LogP contribution in [0.4, 0.5) is 4.79 Å². The maximum Gasteiger partial charge on any atom is 0.410 e. The predicted molar refractivity (Wildman–Crippen MR) is 68.6 cm³/mol. The summed E-state index contributed by atoms with van der Waals surface area (Å²) in [4.78, 5) is 13.8. The van der Waals surface area contributed by atoms with Crippen LogP contribution in [0, 0.1) is 0 Å². The third-order valence-corrected chi connectivity index (χ3v) is 3.33. The third-order valence-electron chi connectivity index (χ3n) is 3.33. The van der Waals surface area contributed by atoms with Gasteiger partial charge in [0.15, 0.2) is 0 Å². The molecule has 1 N–H and O–H groups in total. The van der Waals surface area contributed by atoms with Crippen LogP contribution in [0.3, 0.4) is 0 Å². The Hall–Kier alpha value is -0.810. The molecule has 18 heavy (non-hydrogen) atoms. The Morgan fingerprint density at radius 2 is 2.06 bits per heavy atom. The number of ether oxygens (including phenoxy) is 2. The molecule has 0 aliphatic carbocycles. The van der Waals surface area contributed by atoms with Crippen LogP contribution < -0.4 is 5.32 Å². The fraction of sp³-hybridized carbons (Fsp3) is 0.923. The molecule has 0 unspecified atom stereocenters. The SMILES string of the molecule is CC(C)(C)OC(=O)N1CC[C@H]2NCCO[C@@H]2CC1. The summed E-state index contributed by atoms with van der Waals surface area (Å²) in [5.41, 5.74) is -0.426. The lowest BCUT2D eigenvalue weighted by Gasteiger charge is -2.30. The van der Waals surface area contributed by atoms with E-state index >= 15 is 0 Å². The molecule has 0 aromatic carbocycles. The molecule has 1 amide bonds. The number of fused-ring (bicyclic) bond motifs is 1.